The van der Waals surface area contributed by atoms with Crippen LogP contribution >= 0.6 is 11.3 Å². The third kappa shape index (κ3) is 5.01. The summed E-state index contributed by atoms with van der Waals surface area (Å²) in [6.45, 7) is 4.88. The Morgan fingerprint density at radius 1 is 1.16 bits per heavy atom. The van der Waals surface area contributed by atoms with Crippen molar-refractivity contribution in [2.45, 2.75) is 13.0 Å². The van der Waals surface area contributed by atoms with Gasteiger partial charge in [-0.2, -0.15) is 0 Å². The molecule has 0 saturated carbocycles. The Morgan fingerprint density at radius 3 is 2.57 bits per heavy atom. The maximum absolute atomic E-state index is 11.6. The summed E-state index contributed by atoms with van der Waals surface area (Å²) < 4.78 is 6.58. The van der Waals surface area contributed by atoms with E-state index in [1.807, 2.05) is 31.1 Å². The number of ether oxygens (including phenoxy) is 1. The predicted molar refractivity (Wildman–Crippen MR) is 141 cm³/mol. The number of fused-ring (bicyclic) bond motifs is 1. The highest BCUT2D eigenvalue weighted by Gasteiger charge is 2.23. The van der Waals surface area contributed by atoms with Crippen LogP contribution in [0.5, 0.6) is 0 Å². The van der Waals surface area contributed by atoms with E-state index in [1.165, 1.54) is 12.4 Å². The summed E-state index contributed by atoms with van der Waals surface area (Å²) in [6.07, 6.45) is 4.53. The summed E-state index contributed by atoms with van der Waals surface area (Å²) in [4.78, 5) is 39.7. The number of nitrogens with zero attached hydrogens (tertiary/aromatic N) is 7. The van der Waals surface area contributed by atoms with Crippen LogP contribution < -0.4 is 20.6 Å². The largest absolute Gasteiger partial charge is 0.378 e. The van der Waals surface area contributed by atoms with Crippen molar-refractivity contribution in [3.05, 3.63) is 47.2 Å². The molecular weight excluding hydrogens is 494 g/mol. The number of hydrogen-bond donors (Lipinski definition) is 3. The molecule has 0 radical (unpaired) electrons. The Bertz CT molecular complexity index is 1390. The first-order valence-corrected chi connectivity index (χ1v) is 12.6. The van der Waals surface area contributed by atoms with Gasteiger partial charge in [0.1, 0.15) is 5.82 Å². The van der Waals surface area contributed by atoms with E-state index in [0.29, 0.717) is 25.0 Å². The summed E-state index contributed by atoms with van der Waals surface area (Å²) in [6, 6.07) is 5.88. The molecule has 1 aliphatic rings. The lowest BCUT2D eigenvalue weighted by Crippen LogP contribution is -2.36. The molecule has 3 N–H and O–H groups in total. The fourth-order valence-electron chi connectivity index (χ4n) is 3.98. The van der Waals surface area contributed by atoms with Gasteiger partial charge in [-0.05, 0) is 25.1 Å². The Labute approximate surface area is 217 Å². The molecule has 13 heteroatoms. The van der Waals surface area contributed by atoms with Gasteiger partial charge in [0.15, 0.2) is 11.6 Å². The van der Waals surface area contributed by atoms with Crippen molar-refractivity contribution < 1.29 is 14.7 Å². The van der Waals surface area contributed by atoms with Crippen LogP contribution in [0.3, 0.4) is 0 Å². The van der Waals surface area contributed by atoms with E-state index < -0.39 is 5.91 Å². The summed E-state index contributed by atoms with van der Waals surface area (Å²) in [5, 5.41) is 11.8. The van der Waals surface area contributed by atoms with Crippen LogP contribution in [0.15, 0.2) is 36.8 Å². The zero-order chi connectivity index (χ0) is 25.9. The van der Waals surface area contributed by atoms with Crippen LogP contribution in [-0.4, -0.2) is 76.4 Å². The van der Waals surface area contributed by atoms with Gasteiger partial charge in [0.05, 0.1) is 35.0 Å². The number of carbonyl (C=O) groups excluding carboxylic acids is 1. The highest BCUT2D eigenvalue weighted by atomic mass is 32.1. The second kappa shape index (κ2) is 10.6. The van der Waals surface area contributed by atoms with Gasteiger partial charge in [-0.1, -0.05) is 0 Å². The molecule has 1 amide bonds. The van der Waals surface area contributed by atoms with Gasteiger partial charge in [-0.15, -0.1) is 11.3 Å². The molecule has 5 rings (SSSR count). The normalized spacial score (nSPS) is 14.4. The van der Waals surface area contributed by atoms with Crippen molar-refractivity contribution in [2.75, 3.05) is 55.5 Å². The SMILES string of the molecule is CNc1ccc(-c2nc(N3CCOCC3)c3sc([C@H](C)N(C)c4ncc(C(=O)NO)cn4)cc3n2)cn1. The average molecular weight is 522 g/mol. The van der Waals surface area contributed by atoms with E-state index >= 15 is 0 Å². The Balaban J connectivity index is 1.51. The van der Waals surface area contributed by atoms with Crippen LogP contribution in [0.25, 0.3) is 21.6 Å². The summed E-state index contributed by atoms with van der Waals surface area (Å²) >= 11 is 1.64. The highest BCUT2D eigenvalue weighted by molar-refractivity contribution is 7.19. The van der Waals surface area contributed by atoms with Crippen molar-refractivity contribution in [1.82, 2.24) is 30.4 Å². The second-order valence-corrected chi connectivity index (χ2v) is 9.60. The first kappa shape index (κ1) is 24.7. The van der Waals surface area contributed by atoms with Crippen LogP contribution in [0.2, 0.25) is 0 Å². The minimum atomic E-state index is -0.660. The van der Waals surface area contributed by atoms with E-state index in [4.69, 9.17) is 19.9 Å². The Morgan fingerprint density at radius 2 is 1.92 bits per heavy atom. The summed E-state index contributed by atoms with van der Waals surface area (Å²) in [5.41, 5.74) is 3.46. The minimum Gasteiger partial charge on any atom is -0.378 e. The summed E-state index contributed by atoms with van der Waals surface area (Å²) in [5.74, 6) is 2.08. The molecule has 1 atom stereocenters. The fraction of sp³-hybridized carbons (Fsp3) is 0.333. The number of amides is 1. The molecule has 5 heterocycles. The quantitative estimate of drug-likeness (QED) is 0.244. The predicted octanol–water partition coefficient (Wildman–Crippen LogP) is 2.74. The van der Waals surface area contributed by atoms with Crippen molar-refractivity contribution >= 4 is 45.0 Å². The minimum absolute atomic E-state index is 0.0747. The van der Waals surface area contributed by atoms with Crippen LogP contribution in [0.1, 0.15) is 28.2 Å². The molecule has 12 nitrogen and oxygen atoms in total. The average Bonchev–Trinajstić information content (AvgIpc) is 3.40. The van der Waals surface area contributed by atoms with Crippen LogP contribution in [-0.2, 0) is 4.74 Å². The van der Waals surface area contributed by atoms with Gasteiger partial charge < -0.3 is 19.9 Å². The van der Waals surface area contributed by atoms with Gasteiger partial charge in [-0.25, -0.2) is 30.4 Å². The number of pyridine rings is 1. The Kier molecular flexibility index (Phi) is 7.08. The molecular formula is C24H27N9O3S. The molecule has 0 aliphatic carbocycles. The first-order valence-electron chi connectivity index (χ1n) is 11.8. The molecule has 4 aromatic heterocycles. The number of thiophene rings is 1. The molecule has 1 saturated heterocycles. The molecule has 0 spiro atoms. The lowest BCUT2D eigenvalue weighted by atomic mass is 10.2. The molecule has 1 fully saturated rings. The van der Waals surface area contributed by atoms with E-state index in [2.05, 4.69) is 38.2 Å². The van der Waals surface area contributed by atoms with Gasteiger partial charge in [0, 0.05) is 56.2 Å². The number of aromatic nitrogens is 5. The van der Waals surface area contributed by atoms with Crippen molar-refractivity contribution in [1.29, 1.82) is 0 Å². The first-order chi connectivity index (χ1) is 18.0. The van der Waals surface area contributed by atoms with Crippen LogP contribution in [0, 0.1) is 0 Å². The standard InChI is InChI=1S/C24H27N9O3S/c1-14(32(3)24-27-12-16(13-28-24)23(34)31-35)18-10-17-20(37-18)22(33-6-8-36-9-7-33)30-21(29-17)15-4-5-19(25-2)26-11-15/h4-5,10-14,35H,6-9H2,1-3H3,(H,25,26)(H,31,34)/t14-/m0/s1. The second-order valence-electron chi connectivity index (χ2n) is 8.52. The van der Waals surface area contributed by atoms with Gasteiger partial charge in [0.25, 0.3) is 5.91 Å². The van der Waals surface area contributed by atoms with Gasteiger partial charge in [0.2, 0.25) is 5.95 Å². The van der Waals surface area contributed by atoms with E-state index in [-0.39, 0.29) is 11.6 Å². The third-order valence-electron chi connectivity index (χ3n) is 6.27. The molecule has 0 unspecified atom stereocenters. The number of morpholine rings is 1. The number of hydroxylamine groups is 1. The van der Waals surface area contributed by atoms with Crippen molar-refractivity contribution in [2.24, 2.45) is 0 Å². The lowest BCUT2D eigenvalue weighted by molar-refractivity contribution is 0.0705. The Hall–Kier alpha value is -3.94. The number of anilines is 3. The monoisotopic (exact) mass is 521 g/mol. The topological polar surface area (TPSA) is 142 Å². The van der Waals surface area contributed by atoms with E-state index in [0.717, 1.165) is 45.4 Å². The van der Waals surface area contributed by atoms with E-state index in [1.54, 1.807) is 23.0 Å². The van der Waals surface area contributed by atoms with Crippen molar-refractivity contribution in [3.63, 3.8) is 0 Å². The van der Waals surface area contributed by atoms with Gasteiger partial charge >= 0.3 is 0 Å². The maximum atomic E-state index is 11.6. The fourth-order valence-corrected chi connectivity index (χ4v) is 5.19. The molecule has 4 aromatic rings. The van der Waals surface area contributed by atoms with E-state index in [9.17, 15) is 4.79 Å². The zero-order valence-electron chi connectivity index (χ0n) is 20.7. The summed E-state index contributed by atoms with van der Waals surface area (Å²) in [7, 11) is 3.72. The maximum Gasteiger partial charge on any atom is 0.277 e. The molecule has 192 valence electrons. The number of carbonyl (C=O) groups is 1. The number of rotatable bonds is 7. The van der Waals surface area contributed by atoms with Gasteiger partial charge in [-0.3, -0.25) is 10.0 Å². The molecule has 1 aliphatic heterocycles. The highest BCUT2D eigenvalue weighted by Crippen LogP contribution is 2.38. The third-order valence-corrected chi connectivity index (χ3v) is 7.56. The van der Waals surface area contributed by atoms with Crippen LogP contribution in [0.4, 0.5) is 17.6 Å². The molecule has 0 aromatic carbocycles. The van der Waals surface area contributed by atoms with Crippen molar-refractivity contribution in [3.8, 4) is 11.4 Å². The number of hydrogen-bond acceptors (Lipinski definition) is 12. The lowest BCUT2D eigenvalue weighted by Gasteiger charge is -2.28. The smallest absolute Gasteiger partial charge is 0.277 e. The number of nitrogens with one attached hydrogen (secondary N) is 2. The molecule has 0 bridgehead atoms. The molecule has 37 heavy (non-hydrogen) atoms. The zero-order valence-corrected chi connectivity index (χ0v) is 21.5.